The molecule has 0 saturated carbocycles. The summed E-state index contributed by atoms with van der Waals surface area (Å²) in [6.07, 6.45) is 8.86. The van der Waals surface area contributed by atoms with Crippen LogP contribution in [-0.4, -0.2) is 30.3 Å². The van der Waals surface area contributed by atoms with Gasteiger partial charge in [-0.25, -0.2) is 9.50 Å². The van der Waals surface area contributed by atoms with Gasteiger partial charge in [0.1, 0.15) is 6.33 Å². The minimum atomic E-state index is -0.0391. The number of rotatable bonds is 4. The molecule has 4 heterocycles. The number of hydrogen-bond donors (Lipinski definition) is 0. The van der Waals surface area contributed by atoms with Crippen LogP contribution in [0.3, 0.4) is 0 Å². The molecule has 0 bridgehead atoms. The molecule has 4 rings (SSSR count). The van der Waals surface area contributed by atoms with Gasteiger partial charge in [-0.3, -0.25) is 14.8 Å². The molecule has 0 unspecified atom stereocenters. The first-order valence-corrected chi connectivity index (χ1v) is 8.31. The molecule has 6 nitrogen and oxygen atoms in total. The molecular weight excluding hydrogens is 326 g/mol. The Morgan fingerprint density at radius 1 is 1.12 bits per heavy atom. The van der Waals surface area contributed by atoms with Crippen molar-refractivity contribution in [2.45, 2.75) is 20.3 Å². The molecule has 0 atom stereocenters. The third-order valence-electron chi connectivity index (χ3n) is 4.34. The molecular formula is C20H17N5O. The quantitative estimate of drug-likeness (QED) is 0.532. The van der Waals surface area contributed by atoms with E-state index in [0.717, 1.165) is 27.9 Å². The fourth-order valence-electron chi connectivity index (χ4n) is 2.91. The van der Waals surface area contributed by atoms with Crippen LogP contribution in [0.4, 0.5) is 0 Å². The van der Waals surface area contributed by atoms with Crippen LogP contribution in [0.1, 0.15) is 27.2 Å². The number of fused-ring (bicyclic) bond motifs is 1. The predicted octanol–water partition coefficient (Wildman–Crippen LogP) is 3.23. The van der Waals surface area contributed by atoms with E-state index in [1.807, 2.05) is 44.3 Å². The maximum absolute atomic E-state index is 12.9. The molecule has 6 heteroatoms. The lowest BCUT2D eigenvalue weighted by Crippen LogP contribution is -2.08. The molecule has 0 radical (unpaired) electrons. The zero-order valence-corrected chi connectivity index (χ0v) is 14.5. The van der Waals surface area contributed by atoms with Crippen LogP contribution in [0, 0.1) is 13.8 Å². The molecule has 0 fully saturated rings. The van der Waals surface area contributed by atoms with Crippen molar-refractivity contribution in [1.82, 2.24) is 24.6 Å². The third-order valence-corrected chi connectivity index (χ3v) is 4.34. The lowest BCUT2D eigenvalue weighted by Gasteiger charge is -2.09. The second kappa shape index (κ2) is 6.48. The van der Waals surface area contributed by atoms with Gasteiger partial charge in [-0.2, -0.15) is 5.10 Å². The number of aromatic nitrogens is 5. The number of ketones is 1. The number of aryl methyl sites for hydroxylation is 2. The van der Waals surface area contributed by atoms with E-state index in [9.17, 15) is 4.79 Å². The summed E-state index contributed by atoms with van der Waals surface area (Å²) in [5.41, 5.74) is 5.81. The fourth-order valence-corrected chi connectivity index (χ4v) is 2.91. The van der Waals surface area contributed by atoms with Crippen molar-refractivity contribution in [3.8, 4) is 11.1 Å². The summed E-state index contributed by atoms with van der Waals surface area (Å²) in [4.78, 5) is 25.7. The molecule has 0 saturated heterocycles. The smallest absolute Gasteiger partial charge is 0.172 e. The molecule has 4 aromatic rings. The zero-order valence-electron chi connectivity index (χ0n) is 14.5. The van der Waals surface area contributed by atoms with Crippen molar-refractivity contribution >= 4 is 11.4 Å². The van der Waals surface area contributed by atoms with Crippen LogP contribution in [0.2, 0.25) is 0 Å². The average molecular weight is 343 g/mol. The standard InChI is InChI=1S/C20H17N5O/c1-13-3-4-16(22-9-13)8-19(26)17-7-15(11-25-20(17)23-12-24-25)18-10-21-6-5-14(18)2/h3-7,9-12H,8H2,1-2H3. The van der Waals surface area contributed by atoms with E-state index >= 15 is 0 Å². The van der Waals surface area contributed by atoms with E-state index in [4.69, 9.17) is 0 Å². The van der Waals surface area contributed by atoms with E-state index in [1.165, 1.54) is 6.33 Å². The molecule has 0 aliphatic carbocycles. The van der Waals surface area contributed by atoms with Crippen molar-refractivity contribution in [3.63, 3.8) is 0 Å². The zero-order chi connectivity index (χ0) is 18.1. The Morgan fingerprint density at radius 3 is 2.77 bits per heavy atom. The molecule has 0 amide bonds. The van der Waals surface area contributed by atoms with Gasteiger partial charge in [0.05, 0.1) is 12.0 Å². The van der Waals surface area contributed by atoms with Gasteiger partial charge < -0.3 is 0 Å². The van der Waals surface area contributed by atoms with E-state index in [2.05, 4.69) is 20.1 Å². The molecule has 4 aromatic heterocycles. The fraction of sp³-hybridized carbons (Fsp3) is 0.150. The monoisotopic (exact) mass is 343 g/mol. The Hall–Kier alpha value is -3.41. The second-order valence-electron chi connectivity index (χ2n) is 6.29. The van der Waals surface area contributed by atoms with Gasteiger partial charge in [-0.1, -0.05) is 6.07 Å². The number of nitrogens with zero attached hydrogens (tertiary/aromatic N) is 5. The first kappa shape index (κ1) is 16.1. The van der Waals surface area contributed by atoms with Gasteiger partial charge >= 0.3 is 0 Å². The highest BCUT2D eigenvalue weighted by molar-refractivity contribution is 6.03. The van der Waals surface area contributed by atoms with Gasteiger partial charge in [0, 0.05) is 41.6 Å². The lowest BCUT2D eigenvalue weighted by molar-refractivity contribution is 0.0993. The van der Waals surface area contributed by atoms with Gasteiger partial charge in [0.15, 0.2) is 11.4 Å². The minimum absolute atomic E-state index is 0.0391. The minimum Gasteiger partial charge on any atom is -0.294 e. The van der Waals surface area contributed by atoms with Crippen LogP contribution in [0.5, 0.6) is 0 Å². The highest BCUT2D eigenvalue weighted by Gasteiger charge is 2.16. The summed E-state index contributed by atoms with van der Waals surface area (Å²) in [7, 11) is 0. The first-order valence-electron chi connectivity index (χ1n) is 8.31. The van der Waals surface area contributed by atoms with Gasteiger partial charge in [0.25, 0.3) is 0 Å². The van der Waals surface area contributed by atoms with E-state index in [1.54, 1.807) is 23.1 Å². The lowest BCUT2D eigenvalue weighted by atomic mass is 10.0. The van der Waals surface area contributed by atoms with Gasteiger partial charge in [-0.15, -0.1) is 0 Å². The van der Waals surface area contributed by atoms with Gasteiger partial charge in [0.2, 0.25) is 0 Å². The molecule has 26 heavy (non-hydrogen) atoms. The van der Waals surface area contributed by atoms with Crippen LogP contribution in [-0.2, 0) is 6.42 Å². The van der Waals surface area contributed by atoms with E-state index in [0.29, 0.717) is 11.2 Å². The average Bonchev–Trinajstić information content (AvgIpc) is 3.11. The second-order valence-corrected chi connectivity index (χ2v) is 6.29. The molecule has 0 spiro atoms. The normalized spacial score (nSPS) is 11.0. The molecule has 128 valence electrons. The highest BCUT2D eigenvalue weighted by Crippen LogP contribution is 2.25. The molecule has 0 aromatic carbocycles. The van der Waals surface area contributed by atoms with Crippen molar-refractivity contribution in [2.75, 3.05) is 0 Å². The van der Waals surface area contributed by atoms with Crippen molar-refractivity contribution in [2.24, 2.45) is 0 Å². The van der Waals surface area contributed by atoms with E-state index < -0.39 is 0 Å². The number of carbonyl (C=O) groups excluding carboxylic acids is 1. The van der Waals surface area contributed by atoms with Crippen molar-refractivity contribution < 1.29 is 4.79 Å². The first-order chi connectivity index (χ1) is 12.6. The number of pyridine rings is 3. The maximum atomic E-state index is 12.9. The molecule has 0 aliphatic rings. The predicted molar refractivity (Wildman–Crippen MR) is 98.0 cm³/mol. The molecule has 0 aliphatic heterocycles. The van der Waals surface area contributed by atoms with Crippen LogP contribution >= 0.6 is 0 Å². The maximum Gasteiger partial charge on any atom is 0.172 e. The largest absolute Gasteiger partial charge is 0.294 e. The molecule has 0 N–H and O–H groups in total. The van der Waals surface area contributed by atoms with Crippen molar-refractivity contribution in [3.05, 3.63) is 77.8 Å². The van der Waals surface area contributed by atoms with E-state index in [-0.39, 0.29) is 12.2 Å². The summed E-state index contributed by atoms with van der Waals surface area (Å²) < 4.78 is 1.64. The summed E-state index contributed by atoms with van der Waals surface area (Å²) >= 11 is 0. The summed E-state index contributed by atoms with van der Waals surface area (Å²) in [6.45, 7) is 3.98. The summed E-state index contributed by atoms with van der Waals surface area (Å²) in [6, 6.07) is 7.64. The third kappa shape index (κ3) is 2.97. The highest BCUT2D eigenvalue weighted by atomic mass is 16.1. The number of carbonyl (C=O) groups is 1. The SMILES string of the molecule is Cc1ccc(CC(=O)c2cc(-c3cnccc3C)cn3ncnc23)nc1. The van der Waals surface area contributed by atoms with Crippen LogP contribution in [0.25, 0.3) is 16.8 Å². The Morgan fingerprint density at radius 2 is 2.00 bits per heavy atom. The summed E-state index contributed by atoms with van der Waals surface area (Å²) in [5.74, 6) is -0.0391. The Kier molecular flexibility index (Phi) is 4.01. The van der Waals surface area contributed by atoms with Gasteiger partial charge in [-0.05, 0) is 43.2 Å². The number of Topliss-reactive ketones (excluding diaryl/α,β-unsaturated/α-hetero) is 1. The number of hydrogen-bond acceptors (Lipinski definition) is 5. The summed E-state index contributed by atoms with van der Waals surface area (Å²) in [5, 5.41) is 4.21. The van der Waals surface area contributed by atoms with Crippen LogP contribution in [0.15, 0.2) is 55.4 Å². The topological polar surface area (TPSA) is 73.0 Å². The van der Waals surface area contributed by atoms with Crippen LogP contribution < -0.4 is 0 Å². The Balaban J connectivity index is 1.78. The Labute approximate surface area is 150 Å². The van der Waals surface area contributed by atoms with Crippen molar-refractivity contribution in [1.29, 1.82) is 0 Å². The Bertz CT molecular complexity index is 1100.